The van der Waals surface area contributed by atoms with E-state index in [0.717, 1.165) is 22.8 Å². The van der Waals surface area contributed by atoms with E-state index in [2.05, 4.69) is 10.3 Å². The summed E-state index contributed by atoms with van der Waals surface area (Å²) in [5, 5.41) is 13.8. The Morgan fingerprint density at radius 1 is 1.07 bits per heavy atom. The van der Waals surface area contributed by atoms with Gasteiger partial charge in [0.05, 0.1) is 26.5 Å². The van der Waals surface area contributed by atoms with Gasteiger partial charge in [0.1, 0.15) is 6.33 Å². The van der Waals surface area contributed by atoms with Crippen molar-refractivity contribution in [1.29, 1.82) is 0 Å². The van der Waals surface area contributed by atoms with E-state index in [1.807, 2.05) is 41.0 Å². The number of amides is 1. The van der Waals surface area contributed by atoms with Gasteiger partial charge in [0.25, 0.3) is 11.6 Å². The first kappa shape index (κ1) is 17.7. The third-order valence-electron chi connectivity index (χ3n) is 4.26. The van der Waals surface area contributed by atoms with E-state index >= 15 is 0 Å². The van der Waals surface area contributed by atoms with Crippen LogP contribution in [-0.2, 0) is 0 Å². The average molecular weight is 393 g/mol. The van der Waals surface area contributed by atoms with E-state index in [9.17, 15) is 14.9 Å². The number of benzene rings is 3. The first-order chi connectivity index (χ1) is 13.5. The molecule has 0 unspecified atom stereocenters. The molecule has 4 rings (SSSR count). The van der Waals surface area contributed by atoms with Crippen LogP contribution in [0.4, 0.5) is 11.4 Å². The summed E-state index contributed by atoms with van der Waals surface area (Å²) < 4.78 is 1.94. The lowest BCUT2D eigenvalue weighted by Gasteiger charge is -2.09. The van der Waals surface area contributed by atoms with Gasteiger partial charge in [-0.15, -0.1) is 0 Å². The van der Waals surface area contributed by atoms with Crippen LogP contribution in [0.1, 0.15) is 10.4 Å². The molecule has 7 nitrogen and oxygen atoms in total. The van der Waals surface area contributed by atoms with E-state index in [4.69, 9.17) is 11.6 Å². The molecular formula is C20H13ClN4O3. The lowest BCUT2D eigenvalue weighted by atomic mass is 10.1. The van der Waals surface area contributed by atoms with Crippen molar-refractivity contribution in [3.05, 3.63) is 93.8 Å². The molecule has 1 N–H and O–H groups in total. The number of rotatable bonds is 4. The molecule has 1 aromatic heterocycles. The Balaban J connectivity index is 1.57. The van der Waals surface area contributed by atoms with Crippen LogP contribution in [0.3, 0.4) is 0 Å². The fourth-order valence-electron chi connectivity index (χ4n) is 2.87. The Kier molecular flexibility index (Phi) is 4.50. The number of halogens is 1. The summed E-state index contributed by atoms with van der Waals surface area (Å²) in [6, 6.07) is 18.7. The Hall–Kier alpha value is -3.71. The van der Waals surface area contributed by atoms with E-state index in [1.165, 1.54) is 12.1 Å². The number of para-hydroxylation sites is 2. The Morgan fingerprint density at radius 3 is 2.57 bits per heavy atom. The van der Waals surface area contributed by atoms with Crippen molar-refractivity contribution in [3.63, 3.8) is 0 Å². The molecule has 1 amide bonds. The molecule has 0 aliphatic carbocycles. The van der Waals surface area contributed by atoms with Crippen molar-refractivity contribution in [2.24, 2.45) is 0 Å². The second kappa shape index (κ2) is 7.13. The second-order valence-corrected chi connectivity index (χ2v) is 6.43. The summed E-state index contributed by atoms with van der Waals surface area (Å²) in [7, 11) is 0. The molecule has 0 spiro atoms. The van der Waals surface area contributed by atoms with Crippen LogP contribution in [0.5, 0.6) is 0 Å². The van der Waals surface area contributed by atoms with Gasteiger partial charge < -0.3 is 5.32 Å². The number of hydrogen-bond acceptors (Lipinski definition) is 4. The highest BCUT2D eigenvalue weighted by atomic mass is 35.5. The fourth-order valence-corrected chi connectivity index (χ4v) is 3.07. The van der Waals surface area contributed by atoms with Crippen molar-refractivity contribution in [1.82, 2.24) is 9.55 Å². The van der Waals surface area contributed by atoms with Crippen LogP contribution in [-0.4, -0.2) is 20.4 Å². The molecule has 0 fully saturated rings. The largest absolute Gasteiger partial charge is 0.322 e. The van der Waals surface area contributed by atoms with E-state index in [0.29, 0.717) is 5.69 Å². The number of hydrogen-bond donors (Lipinski definition) is 1. The molecule has 3 aromatic carbocycles. The summed E-state index contributed by atoms with van der Waals surface area (Å²) in [6.07, 6.45) is 1.74. The minimum absolute atomic E-state index is 0.0422. The molecule has 0 bridgehead atoms. The maximum atomic E-state index is 12.5. The Morgan fingerprint density at radius 2 is 1.82 bits per heavy atom. The van der Waals surface area contributed by atoms with Gasteiger partial charge in [-0.1, -0.05) is 23.7 Å². The van der Waals surface area contributed by atoms with E-state index in [-0.39, 0.29) is 16.3 Å². The molecule has 8 heteroatoms. The number of nitro benzene ring substituents is 1. The SMILES string of the molecule is O=C(Nc1ccc(-n2cnc3ccccc32)cc1)c1cc([N+](=O)[O-])ccc1Cl. The number of fused-ring (bicyclic) bond motifs is 1. The van der Waals surface area contributed by atoms with Gasteiger partial charge >= 0.3 is 0 Å². The van der Waals surface area contributed by atoms with Gasteiger partial charge in [-0.3, -0.25) is 19.5 Å². The Bertz CT molecular complexity index is 1200. The summed E-state index contributed by atoms with van der Waals surface area (Å²) >= 11 is 6.02. The van der Waals surface area contributed by atoms with Crippen LogP contribution in [0.15, 0.2) is 73.1 Å². The molecule has 1 heterocycles. The fraction of sp³-hybridized carbons (Fsp3) is 0. The van der Waals surface area contributed by atoms with Crippen LogP contribution in [0.2, 0.25) is 5.02 Å². The van der Waals surface area contributed by atoms with Gasteiger partial charge in [-0.2, -0.15) is 0 Å². The summed E-state index contributed by atoms with van der Waals surface area (Å²) in [4.78, 5) is 27.2. The minimum Gasteiger partial charge on any atom is -0.322 e. The van der Waals surface area contributed by atoms with Crippen LogP contribution < -0.4 is 5.32 Å². The quantitative estimate of drug-likeness (QED) is 0.397. The van der Waals surface area contributed by atoms with Gasteiger partial charge in [-0.25, -0.2) is 4.98 Å². The lowest BCUT2D eigenvalue weighted by Crippen LogP contribution is -2.12. The Labute approximate surface area is 164 Å². The summed E-state index contributed by atoms with van der Waals surface area (Å²) in [5.41, 5.74) is 3.14. The van der Waals surface area contributed by atoms with Crippen molar-refractivity contribution in [2.45, 2.75) is 0 Å². The number of carbonyl (C=O) groups is 1. The lowest BCUT2D eigenvalue weighted by molar-refractivity contribution is -0.384. The maximum Gasteiger partial charge on any atom is 0.270 e. The van der Waals surface area contributed by atoms with Crippen LogP contribution in [0, 0.1) is 10.1 Å². The van der Waals surface area contributed by atoms with Crippen molar-refractivity contribution in [3.8, 4) is 5.69 Å². The number of nitrogens with one attached hydrogen (secondary N) is 1. The first-order valence-corrected chi connectivity index (χ1v) is 8.68. The van der Waals surface area contributed by atoms with E-state index < -0.39 is 10.8 Å². The standard InChI is InChI=1S/C20H13ClN4O3/c21-17-10-9-15(25(27)28)11-16(17)20(26)23-13-5-7-14(8-6-13)24-12-22-18-3-1-2-4-19(18)24/h1-12H,(H,23,26). The number of carbonyl (C=O) groups excluding carboxylic acids is 1. The third kappa shape index (κ3) is 3.30. The number of nitro groups is 1. The predicted molar refractivity (Wildman–Crippen MR) is 107 cm³/mol. The summed E-state index contributed by atoms with van der Waals surface area (Å²) in [5.74, 6) is -0.519. The highest BCUT2D eigenvalue weighted by Gasteiger charge is 2.16. The molecule has 138 valence electrons. The maximum absolute atomic E-state index is 12.5. The number of non-ortho nitro benzene ring substituents is 1. The van der Waals surface area contributed by atoms with Gasteiger partial charge in [0.2, 0.25) is 0 Å². The normalized spacial score (nSPS) is 10.8. The van der Waals surface area contributed by atoms with Gasteiger partial charge in [0, 0.05) is 23.5 Å². The predicted octanol–water partition coefficient (Wildman–Crippen LogP) is 4.84. The highest BCUT2D eigenvalue weighted by molar-refractivity contribution is 6.34. The highest BCUT2D eigenvalue weighted by Crippen LogP contribution is 2.24. The minimum atomic E-state index is -0.572. The molecule has 0 saturated heterocycles. The number of nitrogens with zero attached hydrogens (tertiary/aromatic N) is 3. The number of imidazole rings is 1. The molecule has 0 atom stereocenters. The van der Waals surface area contributed by atoms with Gasteiger partial charge in [-0.05, 0) is 42.5 Å². The second-order valence-electron chi connectivity index (χ2n) is 6.03. The molecule has 0 aliphatic rings. The topological polar surface area (TPSA) is 90.1 Å². The molecule has 0 saturated carbocycles. The van der Waals surface area contributed by atoms with Gasteiger partial charge in [0.15, 0.2) is 0 Å². The molecular weight excluding hydrogens is 380 g/mol. The van der Waals surface area contributed by atoms with Crippen molar-refractivity contribution < 1.29 is 9.72 Å². The monoisotopic (exact) mass is 392 g/mol. The number of aromatic nitrogens is 2. The zero-order valence-electron chi connectivity index (χ0n) is 14.4. The first-order valence-electron chi connectivity index (χ1n) is 8.31. The van der Waals surface area contributed by atoms with E-state index in [1.54, 1.807) is 18.5 Å². The number of anilines is 1. The van der Waals surface area contributed by atoms with Crippen molar-refractivity contribution in [2.75, 3.05) is 5.32 Å². The molecule has 4 aromatic rings. The third-order valence-corrected chi connectivity index (χ3v) is 4.59. The van der Waals surface area contributed by atoms with Crippen LogP contribution in [0.25, 0.3) is 16.7 Å². The smallest absolute Gasteiger partial charge is 0.270 e. The molecule has 0 radical (unpaired) electrons. The van der Waals surface area contributed by atoms with Crippen molar-refractivity contribution >= 4 is 39.9 Å². The molecule has 28 heavy (non-hydrogen) atoms. The zero-order valence-corrected chi connectivity index (χ0v) is 15.1. The van der Waals surface area contributed by atoms with Crippen LogP contribution >= 0.6 is 11.6 Å². The summed E-state index contributed by atoms with van der Waals surface area (Å²) in [6.45, 7) is 0. The zero-order chi connectivity index (χ0) is 19.7. The average Bonchev–Trinajstić information content (AvgIpc) is 3.13. The molecule has 0 aliphatic heterocycles.